The molecule has 1 atom stereocenters. The first-order chi connectivity index (χ1) is 14.1. The van der Waals surface area contributed by atoms with E-state index in [1.54, 1.807) is 31.5 Å². The number of aliphatic hydroxyl groups excluding tert-OH is 1. The van der Waals surface area contributed by atoms with E-state index in [1.165, 1.54) is 7.11 Å². The molecule has 1 aliphatic heterocycles. The lowest BCUT2D eigenvalue weighted by atomic mass is 10.1. The summed E-state index contributed by atoms with van der Waals surface area (Å²) in [7, 11) is 3.10. The van der Waals surface area contributed by atoms with Crippen LogP contribution in [0.2, 0.25) is 0 Å². The van der Waals surface area contributed by atoms with Crippen LogP contribution in [0.15, 0.2) is 42.6 Å². The lowest BCUT2D eigenvalue weighted by Gasteiger charge is -2.33. The lowest BCUT2D eigenvalue weighted by Crippen LogP contribution is -2.48. The summed E-state index contributed by atoms with van der Waals surface area (Å²) in [5.41, 5.74) is 0.566. The molecule has 1 aromatic carbocycles. The van der Waals surface area contributed by atoms with E-state index in [4.69, 9.17) is 9.47 Å². The predicted molar refractivity (Wildman–Crippen MR) is 111 cm³/mol. The van der Waals surface area contributed by atoms with E-state index in [1.807, 2.05) is 18.2 Å². The van der Waals surface area contributed by atoms with Crippen molar-refractivity contribution in [2.45, 2.75) is 25.0 Å². The molecule has 0 saturated carbocycles. The number of hydrogen-bond acceptors (Lipinski definition) is 6. The molecule has 156 valence electrons. The molecule has 3 N–H and O–H groups in total. The summed E-state index contributed by atoms with van der Waals surface area (Å²) in [6.45, 7) is 1.75. The van der Waals surface area contributed by atoms with E-state index in [0.29, 0.717) is 17.1 Å². The molecule has 3 rings (SSSR count). The van der Waals surface area contributed by atoms with E-state index in [9.17, 15) is 9.90 Å². The fourth-order valence-corrected chi connectivity index (χ4v) is 3.43. The summed E-state index contributed by atoms with van der Waals surface area (Å²) >= 11 is 0. The van der Waals surface area contributed by atoms with E-state index in [0.717, 1.165) is 31.7 Å². The van der Waals surface area contributed by atoms with Crippen LogP contribution in [0.25, 0.3) is 0 Å². The van der Waals surface area contributed by atoms with Crippen LogP contribution in [0.1, 0.15) is 24.5 Å². The molecule has 0 bridgehead atoms. The normalized spacial score (nSPS) is 15.5. The van der Waals surface area contributed by atoms with Crippen LogP contribution < -0.4 is 25.0 Å². The zero-order valence-electron chi connectivity index (χ0n) is 16.8. The second kappa shape index (κ2) is 9.97. The van der Waals surface area contributed by atoms with Crippen LogP contribution in [-0.4, -0.2) is 56.0 Å². The van der Waals surface area contributed by atoms with Crippen molar-refractivity contribution < 1.29 is 19.4 Å². The molecule has 1 fully saturated rings. The summed E-state index contributed by atoms with van der Waals surface area (Å²) in [6.07, 6.45) is 2.57. The Morgan fingerprint density at radius 1 is 1.24 bits per heavy atom. The highest BCUT2D eigenvalue weighted by Crippen LogP contribution is 2.29. The zero-order valence-corrected chi connectivity index (χ0v) is 16.8. The molecule has 2 heterocycles. The number of aliphatic hydroxyl groups is 1. The fraction of sp³-hybridized carbons (Fsp3) is 0.429. The highest BCUT2D eigenvalue weighted by molar-refractivity contribution is 5.74. The third-order valence-corrected chi connectivity index (χ3v) is 5.06. The van der Waals surface area contributed by atoms with Crippen molar-refractivity contribution in [3.63, 3.8) is 0 Å². The van der Waals surface area contributed by atoms with Gasteiger partial charge in [-0.3, -0.25) is 0 Å². The number of ether oxygens (including phenoxy) is 2. The number of nitrogens with zero attached hydrogens (tertiary/aromatic N) is 2. The number of methoxy groups -OCH3 is 2. The smallest absolute Gasteiger partial charge is 0.315 e. The van der Waals surface area contributed by atoms with Crippen molar-refractivity contribution in [3.8, 4) is 11.5 Å². The second-order valence-electron chi connectivity index (χ2n) is 6.93. The van der Waals surface area contributed by atoms with Gasteiger partial charge in [0.05, 0.1) is 14.2 Å². The Morgan fingerprint density at radius 2 is 2.03 bits per heavy atom. The highest BCUT2D eigenvalue weighted by Gasteiger charge is 2.22. The van der Waals surface area contributed by atoms with Crippen molar-refractivity contribution in [1.29, 1.82) is 0 Å². The minimum Gasteiger partial charge on any atom is -0.497 e. The number of aromatic nitrogens is 1. The van der Waals surface area contributed by atoms with Gasteiger partial charge in [0.15, 0.2) is 0 Å². The number of benzene rings is 1. The number of carbonyl (C=O) groups is 1. The first kappa shape index (κ1) is 20.7. The van der Waals surface area contributed by atoms with Crippen LogP contribution in [0.5, 0.6) is 11.5 Å². The van der Waals surface area contributed by atoms with Gasteiger partial charge in [0.2, 0.25) is 0 Å². The number of rotatable bonds is 7. The SMILES string of the molecule is COc1ccc(OC)c(C(O)CNC(=O)NC2CCN(c3ccccn3)CC2)c1. The Morgan fingerprint density at radius 3 is 2.69 bits per heavy atom. The van der Waals surface area contributed by atoms with Gasteiger partial charge >= 0.3 is 6.03 Å². The molecule has 1 unspecified atom stereocenters. The maximum Gasteiger partial charge on any atom is 0.315 e. The first-order valence-corrected chi connectivity index (χ1v) is 9.71. The average Bonchev–Trinajstić information content (AvgIpc) is 2.78. The predicted octanol–water partition coefficient (Wildman–Crippen LogP) is 2.10. The molecule has 1 aromatic heterocycles. The number of amides is 2. The topological polar surface area (TPSA) is 95.9 Å². The van der Waals surface area contributed by atoms with Gasteiger partial charge in [-0.15, -0.1) is 0 Å². The minimum absolute atomic E-state index is 0.0716. The highest BCUT2D eigenvalue weighted by atomic mass is 16.5. The largest absolute Gasteiger partial charge is 0.497 e. The Bertz CT molecular complexity index is 795. The van der Waals surface area contributed by atoms with Gasteiger partial charge in [-0.1, -0.05) is 6.07 Å². The van der Waals surface area contributed by atoms with Crippen LogP contribution in [0.4, 0.5) is 10.6 Å². The number of carbonyl (C=O) groups excluding carboxylic acids is 1. The van der Waals surface area contributed by atoms with Crippen molar-refractivity contribution >= 4 is 11.8 Å². The van der Waals surface area contributed by atoms with Crippen LogP contribution in [0, 0.1) is 0 Å². The molecule has 0 spiro atoms. The fourth-order valence-electron chi connectivity index (χ4n) is 3.43. The second-order valence-corrected chi connectivity index (χ2v) is 6.93. The summed E-state index contributed by atoms with van der Waals surface area (Å²) < 4.78 is 10.5. The number of pyridine rings is 1. The molecule has 1 saturated heterocycles. The van der Waals surface area contributed by atoms with Gasteiger partial charge in [0.1, 0.15) is 23.4 Å². The maximum atomic E-state index is 12.3. The Labute approximate surface area is 170 Å². The summed E-state index contributed by atoms with van der Waals surface area (Å²) in [4.78, 5) is 18.8. The van der Waals surface area contributed by atoms with Crippen LogP contribution in [0.3, 0.4) is 0 Å². The number of anilines is 1. The van der Waals surface area contributed by atoms with E-state index in [2.05, 4.69) is 20.5 Å². The molecule has 2 amide bonds. The van der Waals surface area contributed by atoms with Gasteiger partial charge in [-0.25, -0.2) is 9.78 Å². The summed E-state index contributed by atoms with van der Waals surface area (Å²) in [5, 5.41) is 16.2. The van der Waals surface area contributed by atoms with Crippen molar-refractivity contribution in [2.75, 3.05) is 38.8 Å². The maximum absolute atomic E-state index is 12.3. The Balaban J connectivity index is 1.46. The molecule has 2 aromatic rings. The number of piperidine rings is 1. The van der Waals surface area contributed by atoms with E-state index < -0.39 is 6.10 Å². The molecule has 8 nitrogen and oxygen atoms in total. The summed E-state index contributed by atoms with van der Waals surface area (Å²) in [5.74, 6) is 2.12. The number of urea groups is 1. The van der Waals surface area contributed by atoms with Crippen molar-refractivity contribution in [1.82, 2.24) is 15.6 Å². The third kappa shape index (κ3) is 5.51. The van der Waals surface area contributed by atoms with E-state index in [-0.39, 0.29) is 18.6 Å². The molecular weight excluding hydrogens is 372 g/mol. The summed E-state index contributed by atoms with van der Waals surface area (Å²) in [6, 6.07) is 10.9. The molecule has 29 heavy (non-hydrogen) atoms. The quantitative estimate of drug-likeness (QED) is 0.659. The molecule has 0 aliphatic carbocycles. The zero-order chi connectivity index (χ0) is 20.6. The van der Waals surface area contributed by atoms with E-state index >= 15 is 0 Å². The molecule has 0 radical (unpaired) electrons. The van der Waals surface area contributed by atoms with Crippen LogP contribution in [-0.2, 0) is 0 Å². The monoisotopic (exact) mass is 400 g/mol. The lowest BCUT2D eigenvalue weighted by molar-refractivity contribution is 0.168. The average molecular weight is 400 g/mol. The van der Waals surface area contributed by atoms with Crippen molar-refractivity contribution in [2.24, 2.45) is 0 Å². The molecular formula is C21H28N4O4. The van der Waals surface area contributed by atoms with Gasteiger partial charge < -0.3 is 30.1 Å². The minimum atomic E-state index is -0.906. The van der Waals surface area contributed by atoms with Crippen molar-refractivity contribution in [3.05, 3.63) is 48.2 Å². The Hall–Kier alpha value is -3.00. The first-order valence-electron chi connectivity index (χ1n) is 9.71. The standard InChI is InChI=1S/C21H28N4O4/c1-28-16-6-7-19(29-2)17(13-16)18(26)14-23-21(27)24-15-8-11-25(12-9-15)20-5-3-4-10-22-20/h3-7,10,13,15,18,26H,8-9,11-12,14H2,1-2H3,(H2,23,24,27). The molecule has 1 aliphatic rings. The van der Waals surface area contributed by atoms with Crippen LogP contribution >= 0.6 is 0 Å². The number of hydrogen-bond donors (Lipinski definition) is 3. The van der Waals surface area contributed by atoms with Gasteiger partial charge in [-0.05, 0) is 43.2 Å². The Kier molecular flexibility index (Phi) is 7.13. The van der Waals surface area contributed by atoms with Gasteiger partial charge in [0, 0.05) is 37.4 Å². The van der Waals surface area contributed by atoms with Gasteiger partial charge in [-0.2, -0.15) is 0 Å². The number of nitrogens with one attached hydrogen (secondary N) is 2. The van der Waals surface area contributed by atoms with Gasteiger partial charge in [0.25, 0.3) is 0 Å². The third-order valence-electron chi connectivity index (χ3n) is 5.06. The molecule has 8 heteroatoms.